The van der Waals surface area contributed by atoms with Gasteiger partial charge in [-0.25, -0.2) is 4.98 Å². The first-order valence-electron chi connectivity index (χ1n) is 7.17. The number of carboxylic acids is 1. The molecule has 23 heavy (non-hydrogen) atoms. The summed E-state index contributed by atoms with van der Waals surface area (Å²) in [6.45, 7) is 0.239. The van der Waals surface area contributed by atoms with Crippen molar-refractivity contribution in [1.82, 2.24) is 9.55 Å². The topological polar surface area (TPSA) is 141 Å². The molecule has 1 aromatic rings. The Labute approximate surface area is 138 Å². The van der Waals surface area contributed by atoms with Gasteiger partial charge < -0.3 is 21.1 Å². The molecule has 9 heteroatoms. The fraction of sp³-hybridized carbons (Fsp3) is 0.571. The maximum Gasteiger partial charge on any atom is 0.321 e. The third-order valence-electron chi connectivity index (χ3n) is 3.32. The lowest BCUT2D eigenvalue weighted by Crippen LogP contribution is -2.33. The van der Waals surface area contributed by atoms with Gasteiger partial charge in [0.2, 0.25) is 0 Å². The van der Waals surface area contributed by atoms with E-state index >= 15 is 0 Å². The number of nitrogens with two attached hydrogens (primary N) is 2. The van der Waals surface area contributed by atoms with Crippen LogP contribution in [0.15, 0.2) is 12.5 Å². The summed E-state index contributed by atoms with van der Waals surface area (Å²) < 4.78 is 1.78. The van der Waals surface area contributed by atoms with Gasteiger partial charge in [-0.15, -0.1) is 0 Å². The average Bonchev–Trinajstić information content (AvgIpc) is 2.89. The van der Waals surface area contributed by atoms with Crippen molar-refractivity contribution in [3.63, 3.8) is 0 Å². The smallest absolute Gasteiger partial charge is 0.321 e. The highest BCUT2D eigenvalue weighted by Crippen LogP contribution is 2.21. The van der Waals surface area contributed by atoms with E-state index in [9.17, 15) is 14.4 Å². The van der Waals surface area contributed by atoms with E-state index in [4.69, 9.17) is 16.6 Å². The van der Waals surface area contributed by atoms with Crippen LogP contribution in [0.3, 0.4) is 0 Å². The van der Waals surface area contributed by atoms with Gasteiger partial charge in [-0.05, 0) is 6.54 Å². The number of carboxylic acid groups (broad SMARTS) is 1. The molecule has 0 saturated carbocycles. The molecule has 0 fully saturated rings. The van der Waals surface area contributed by atoms with Gasteiger partial charge in [-0.1, -0.05) is 11.8 Å². The van der Waals surface area contributed by atoms with Crippen molar-refractivity contribution in [1.29, 1.82) is 0 Å². The second-order valence-corrected chi connectivity index (χ2v) is 6.28. The molecule has 0 spiro atoms. The molecule has 0 aliphatic carbocycles. The zero-order valence-corrected chi connectivity index (χ0v) is 13.8. The summed E-state index contributed by atoms with van der Waals surface area (Å²) in [5.74, 6) is -1.82. The van der Waals surface area contributed by atoms with E-state index < -0.39 is 17.9 Å². The van der Waals surface area contributed by atoms with Crippen LogP contribution in [0.5, 0.6) is 0 Å². The summed E-state index contributed by atoms with van der Waals surface area (Å²) in [6.07, 6.45) is 3.92. The molecular formula is C14H22N4O4S. The Morgan fingerprint density at radius 1 is 1.43 bits per heavy atom. The third kappa shape index (κ3) is 6.51. The SMILES string of the molecule is Cn1cncc1C[C@H](CC(=O)CCN)C(=O)SCC(N)C(=O)O. The van der Waals surface area contributed by atoms with Crippen molar-refractivity contribution in [3.8, 4) is 0 Å². The molecule has 0 aromatic carbocycles. The lowest BCUT2D eigenvalue weighted by molar-refractivity contribution is -0.137. The van der Waals surface area contributed by atoms with Crippen LogP contribution in [0.1, 0.15) is 18.5 Å². The Hall–Kier alpha value is -1.71. The molecule has 1 rings (SSSR count). The minimum Gasteiger partial charge on any atom is -0.480 e. The number of rotatable bonds is 10. The summed E-state index contributed by atoms with van der Waals surface area (Å²) in [4.78, 5) is 38.9. The van der Waals surface area contributed by atoms with Crippen LogP contribution < -0.4 is 11.5 Å². The first kappa shape index (κ1) is 19.3. The normalized spacial score (nSPS) is 13.5. The van der Waals surface area contributed by atoms with Crippen LogP contribution in [-0.4, -0.2) is 49.9 Å². The van der Waals surface area contributed by atoms with E-state index in [1.807, 2.05) is 0 Å². The molecule has 1 unspecified atom stereocenters. The van der Waals surface area contributed by atoms with Crippen LogP contribution in [0, 0.1) is 5.92 Å². The van der Waals surface area contributed by atoms with Crippen LogP contribution in [0.25, 0.3) is 0 Å². The number of ketones is 1. The number of aromatic nitrogens is 2. The fourth-order valence-corrected chi connectivity index (χ4v) is 2.86. The summed E-state index contributed by atoms with van der Waals surface area (Å²) in [6, 6.07) is -1.11. The number of aliphatic carboxylic acids is 1. The number of aryl methyl sites for hydroxylation is 1. The third-order valence-corrected chi connectivity index (χ3v) is 4.47. The van der Waals surface area contributed by atoms with Crippen molar-refractivity contribution < 1.29 is 19.5 Å². The predicted octanol–water partition coefficient (Wildman–Crippen LogP) is -0.441. The first-order chi connectivity index (χ1) is 10.8. The predicted molar refractivity (Wildman–Crippen MR) is 86.8 cm³/mol. The average molecular weight is 342 g/mol. The number of thioether (sulfide) groups is 1. The molecule has 8 nitrogen and oxygen atoms in total. The van der Waals surface area contributed by atoms with Crippen LogP contribution in [-0.2, 0) is 27.9 Å². The van der Waals surface area contributed by atoms with Gasteiger partial charge in [-0.2, -0.15) is 0 Å². The van der Waals surface area contributed by atoms with Gasteiger partial charge in [0.1, 0.15) is 11.8 Å². The highest BCUT2D eigenvalue weighted by Gasteiger charge is 2.25. The molecule has 2 atom stereocenters. The number of hydrogen-bond acceptors (Lipinski definition) is 7. The maximum atomic E-state index is 12.3. The summed E-state index contributed by atoms with van der Waals surface area (Å²) >= 11 is 0.851. The van der Waals surface area contributed by atoms with Crippen molar-refractivity contribution in [2.24, 2.45) is 24.4 Å². The Kier molecular flexibility index (Phi) is 7.93. The standard InChI is InChI=1S/C14H22N4O4S/c1-18-8-17-6-10(18)4-9(5-11(19)2-3-15)14(22)23-7-12(16)13(20)21/h6,8-9,12H,2-5,7,15-16H2,1H3,(H,20,21)/t9-,12?/m1/s1. The second kappa shape index (κ2) is 9.43. The molecule has 1 heterocycles. The molecular weight excluding hydrogens is 320 g/mol. The molecule has 0 bridgehead atoms. The highest BCUT2D eigenvalue weighted by atomic mass is 32.2. The lowest BCUT2D eigenvalue weighted by Gasteiger charge is -2.15. The summed E-state index contributed by atoms with van der Waals surface area (Å²) in [5, 5.41) is 8.52. The van der Waals surface area contributed by atoms with Gasteiger partial charge in [0.05, 0.1) is 6.33 Å². The lowest BCUT2D eigenvalue weighted by atomic mass is 9.97. The van der Waals surface area contributed by atoms with E-state index in [2.05, 4.69) is 4.98 Å². The van der Waals surface area contributed by atoms with E-state index in [1.54, 1.807) is 24.1 Å². The molecule has 0 radical (unpaired) electrons. The van der Waals surface area contributed by atoms with Gasteiger partial charge >= 0.3 is 5.97 Å². The summed E-state index contributed by atoms with van der Waals surface area (Å²) in [7, 11) is 1.80. The number of nitrogens with zero attached hydrogens (tertiary/aromatic N) is 2. The van der Waals surface area contributed by atoms with E-state index in [1.165, 1.54) is 0 Å². The zero-order valence-electron chi connectivity index (χ0n) is 13.0. The molecule has 5 N–H and O–H groups in total. The second-order valence-electron chi connectivity index (χ2n) is 5.25. The molecule has 128 valence electrons. The Morgan fingerprint density at radius 3 is 2.65 bits per heavy atom. The van der Waals surface area contributed by atoms with Crippen molar-refractivity contribution in [3.05, 3.63) is 18.2 Å². The fourth-order valence-electron chi connectivity index (χ4n) is 1.97. The van der Waals surface area contributed by atoms with Crippen molar-refractivity contribution >= 4 is 28.6 Å². The van der Waals surface area contributed by atoms with Gasteiger partial charge in [0.15, 0.2) is 5.12 Å². The maximum absolute atomic E-state index is 12.3. The minimum absolute atomic E-state index is 0.0267. The van der Waals surface area contributed by atoms with Crippen molar-refractivity contribution in [2.45, 2.75) is 25.3 Å². The van der Waals surface area contributed by atoms with Gasteiger partial charge in [0.25, 0.3) is 0 Å². The quantitative estimate of drug-likeness (QED) is 0.519. The number of carbonyl (C=O) groups is 3. The molecule has 1 aromatic heterocycles. The van der Waals surface area contributed by atoms with E-state index in [0.29, 0.717) is 6.42 Å². The molecule has 0 saturated heterocycles. The monoisotopic (exact) mass is 342 g/mol. The van der Waals surface area contributed by atoms with Gasteiger partial charge in [0, 0.05) is 49.9 Å². The molecule has 0 amide bonds. The van der Waals surface area contributed by atoms with Crippen LogP contribution >= 0.6 is 11.8 Å². The number of Topliss-reactive ketones (excluding diaryl/α,β-unsaturated/α-hetero) is 1. The largest absolute Gasteiger partial charge is 0.480 e. The minimum atomic E-state index is -1.16. The van der Waals surface area contributed by atoms with Crippen molar-refractivity contribution in [2.75, 3.05) is 12.3 Å². The Morgan fingerprint density at radius 2 is 2.13 bits per heavy atom. The highest BCUT2D eigenvalue weighted by molar-refractivity contribution is 8.13. The van der Waals surface area contributed by atoms with E-state index in [-0.39, 0.29) is 36.0 Å². The number of imidazole rings is 1. The van der Waals surface area contributed by atoms with Gasteiger partial charge in [-0.3, -0.25) is 14.4 Å². The zero-order chi connectivity index (χ0) is 17.4. The molecule has 0 aliphatic rings. The Balaban J connectivity index is 2.73. The molecule has 0 aliphatic heterocycles. The number of carbonyl (C=O) groups excluding carboxylic acids is 2. The Bertz CT molecular complexity index is 561. The summed E-state index contributed by atoms with van der Waals surface area (Å²) in [5.41, 5.74) is 11.6. The number of hydrogen-bond donors (Lipinski definition) is 3. The first-order valence-corrected chi connectivity index (χ1v) is 8.15. The van der Waals surface area contributed by atoms with Crippen LogP contribution in [0.2, 0.25) is 0 Å². The van der Waals surface area contributed by atoms with Crippen LogP contribution in [0.4, 0.5) is 0 Å². The van der Waals surface area contributed by atoms with E-state index in [0.717, 1.165) is 17.5 Å².